The molecule has 1 aliphatic rings. The summed E-state index contributed by atoms with van der Waals surface area (Å²) in [7, 11) is 1.88. The number of aryl methyl sites for hydroxylation is 1. The number of H-pyrrole nitrogens is 1. The second-order valence-electron chi connectivity index (χ2n) is 4.71. The Hall–Kier alpha value is -1.89. The van der Waals surface area contributed by atoms with Gasteiger partial charge in [-0.1, -0.05) is 0 Å². The molecule has 7 heteroatoms. The number of aromatic amines is 1. The molecule has 1 aliphatic heterocycles. The highest BCUT2D eigenvalue weighted by Gasteiger charge is 2.19. The third-order valence-electron chi connectivity index (χ3n) is 3.27. The van der Waals surface area contributed by atoms with Crippen molar-refractivity contribution in [2.24, 2.45) is 12.8 Å². The molecule has 3 heterocycles. The van der Waals surface area contributed by atoms with E-state index in [1.807, 2.05) is 13.2 Å². The molecular weight excluding hydrogens is 230 g/mol. The van der Waals surface area contributed by atoms with Crippen LogP contribution in [0.5, 0.6) is 0 Å². The van der Waals surface area contributed by atoms with E-state index in [2.05, 4.69) is 25.2 Å². The summed E-state index contributed by atoms with van der Waals surface area (Å²) in [4.78, 5) is 6.67. The number of piperidine rings is 1. The molecular formula is C11H17N7. The molecule has 0 radical (unpaired) electrons. The summed E-state index contributed by atoms with van der Waals surface area (Å²) < 4.78 is 1.75. The van der Waals surface area contributed by atoms with Crippen molar-refractivity contribution in [3.8, 4) is 11.4 Å². The molecule has 18 heavy (non-hydrogen) atoms. The van der Waals surface area contributed by atoms with Gasteiger partial charge in [0.2, 0.25) is 5.95 Å². The first-order chi connectivity index (χ1) is 8.72. The first-order valence-corrected chi connectivity index (χ1v) is 6.14. The largest absolute Gasteiger partial charge is 0.339 e. The lowest BCUT2D eigenvalue weighted by Gasteiger charge is -2.28. The third-order valence-corrected chi connectivity index (χ3v) is 3.27. The van der Waals surface area contributed by atoms with Crippen molar-refractivity contribution in [1.29, 1.82) is 0 Å². The molecule has 96 valence electrons. The monoisotopic (exact) mass is 247 g/mol. The Bertz CT molecular complexity index is 521. The molecule has 3 rings (SSSR count). The molecule has 0 atom stereocenters. The van der Waals surface area contributed by atoms with Crippen LogP contribution in [0, 0.1) is 0 Å². The molecule has 0 amide bonds. The van der Waals surface area contributed by atoms with E-state index in [1.54, 1.807) is 10.9 Å². The van der Waals surface area contributed by atoms with Crippen LogP contribution in [0.4, 0.5) is 5.95 Å². The molecule has 7 nitrogen and oxygen atoms in total. The van der Waals surface area contributed by atoms with Crippen LogP contribution < -0.4 is 10.6 Å². The Morgan fingerprint density at radius 3 is 2.83 bits per heavy atom. The fourth-order valence-corrected chi connectivity index (χ4v) is 2.17. The predicted octanol–water partition coefficient (Wildman–Crippen LogP) is 0.133. The number of hydrogen-bond donors (Lipinski definition) is 2. The molecule has 0 unspecified atom stereocenters. The lowest BCUT2D eigenvalue weighted by atomic mass is 10.1. The summed E-state index contributed by atoms with van der Waals surface area (Å²) in [5, 5.41) is 11.3. The zero-order valence-corrected chi connectivity index (χ0v) is 10.4. The van der Waals surface area contributed by atoms with E-state index in [1.165, 1.54) is 0 Å². The van der Waals surface area contributed by atoms with Crippen molar-refractivity contribution in [3.63, 3.8) is 0 Å². The van der Waals surface area contributed by atoms with Crippen molar-refractivity contribution in [3.05, 3.63) is 12.4 Å². The molecule has 1 fully saturated rings. The second kappa shape index (κ2) is 4.41. The summed E-state index contributed by atoms with van der Waals surface area (Å²) >= 11 is 0. The molecule has 2 aromatic heterocycles. The van der Waals surface area contributed by atoms with Gasteiger partial charge in [0.1, 0.15) is 0 Å². The average Bonchev–Trinajstić information content (AvgIpc) is 2.98. The number of nitrogens with two attached hydrogens (primary N) is 1. The van der Waals surface area contributed by atoms with E-state index in [0.29, 0.717) is 6.04 Å². The Balaban J connectivity index is 1.77. The number of aromatic nitrogens is 5. The Morgan fingerprint density at radius 1 is 1.39 bits per heavy atom. The van der Waals surface area contributed by atoms with E-state index in [4.69, 9.17) is 5.73 Å². The highest BCUT2D eigenvalue weighted by atomic mass is 15.4. The van der Waals surface area contributed by atoms with Gasteiger partial charge in [0.15, 0.2) is 5.82 Å². The van der Waals surface area contributed by atoms with Crippen molar-refractivity contribution < 1.29 is 0 Å². The van der Waals surface area contributed by atoms with Gasteiger partial charge in [-0.15, -0.1) is 5.10 Å². The molecule has 0 aromatic carbocycles. The van der Waals surface area contributed by atoms with Crippen LogP contribution in [0.3, 0.4) is 0 Å². The van der Waals surface area contributed by atoms with E-state index in [0.717, 1.165) is 43.3 Å². The number of nitrogens with one attached hydrogen (secondary N) is 1. The standard InChI is InChI=1S/C11H17N7/c1-17-7-8(6-13-17)10-14-11(16-15-10)18-4-2-9(12)3-5-18/h6-7,9H,2-5,12H2,1H3,(H,14,15,16). The van der Waals surface area contributed by atoms with E-state index in [9.17, 15) is 0 Å². The summed E-state index contributed by atoms with van der Waals surface area (Å²) in [5.74, 6) is 1.51. The Morgan fingerprint density at radius 2 is 2.17 bits per heavy atom. The molecule has 0 bridgehead atoms. The minimum atomic E-state index is 0.318. The molecule has 0 spiro atoms. The lowest BCUT2D eigenvalue weighted by Crippen LogP contribution is -2.40. The third kappa shape index (κ3) is 2.08. The summed E-state index contributed by atoms with van der Waals surface area (Å²) in [5.41, 5.74) is 6.84. The maximum absolute atomic E-state index is 5.89. The normalized spacial score (nSPS) is 17.3. The minimum Gasteiger partial charge on any atom is -0.339 e. The van der Waals surface area contributed by atoms with Gasteiger partial charge in [0, 0.05) is 32.4 Å². The number of anilines is 1. The number of hydrogen-bond acceptors (Lipinski definition) is 5. The fourth-order valence-electron chi connectivity index (χ4n) is 2.17. The van der Waals surface area contributed by atoms with Crippen LogP contribution in [0.2, 0.25) is 0 Å². The van der Waals surface area contributed by atoms with Crippen molar-refractivity contribution in [2.75, 3.05) is 18.0 Å². The van der Waals surface area contributed by atoms with E-state index < -0.39 is 0 Å². The predicted molar refractivity (Wildman–Crippen MR) is 68.0 cm³/mol. The Labute approximate surface area is 105 Å². The molecule has 0 saturated carbocycles. The maximum atomic E-state index is 5.89. The van der Waals surface area contributed by atoms with Crippen LogP contribution in [-0.2, 0) is 7.05 Å². The van der Waals surface area contributed by atoms with Gasteiger partial charge >= 0.3 is 0 Å². The van der Waals surface area contributed by atoms with Crippen LogP contribution in [0.25, 0.3) is 11.4 Å². The zero-order valence-electron chi connectivity index (χ0n) is 10.4. The minimum absolute atomic E-state index is 0.318. The highest BCUT2D eigenvalue weighted by Crippen LogP contribution is 2.19. The highest BCUT2D eigenvalue weighted by molar-refractivity contribution is 5.53. The van der Waals surface area contributed by atoms with Gasteiger partial charge in [-0.2, -0.15) is 10.1 Å². The van der Waals surface area contributed by atoms with Crippen LogP contribution in [0.1, 0.15) is 12.8 Å². The van der Waals surface area contributed by atoms with Gasteiger partial charge in [-0.25, -0.2) is 0 Å². The van der Waals surface area contributed by atoms with Crippen LogP contribution in [0.15, 0.2) is 12.4 Å². The van der Waals surface area contributed by atoms with Gasteiger partial charge in [-0.3, -0.25) is 9.78 Å². The average molecular weight is 247 g/mol. The van der Waals surface area contributed by atoms with Gasteiger partial charge < -0.3 is 10.6 Å². The maximum Gasteiger partial charge on any atom is 0.245 e. The SMILES string of the molecule is Cn1cc(-c2nc(N3CCC(N)CC3)n[nH]2)cn1. The fraction of sp³-hybridized carbons (Fsp3) is 0.545. The second-order valence-corrected chi connectivity index (χ2v) is 4.71. The molecule has 2 aromatic rings. The van der Waals surface area contributed by atoms with Crippen molar-refractivity contribution in [2.45, 2.75) is 18.9 Å². The topological polar surface area (TPSA) is 88.6 Å². The molecule has 0 aliphatic carbocycles. The smallest absolute Gasteiger partial charge is 0.245 e. The van der Waals surface area contributed by atoms with Gasteiger partial charge in [-0.05, 0) is 12.8 Å². The van der Waals surface area contributed by atoms with Gasteiger partial charge in [0.05, 0.1) is 11.8 Å². The van der Waals surface area contributed by atoms with E-state index >= 15 is 0 Å². The first-order valence-electron chi connectivity index (χ1n) is 6.14. The summed E-state index contributed by atoms with van der Waals surface area (Å²) in [6.07, 6.45) is 5.68. The van der Waals surface area contributed by atoms with Crippen LogP contribution in [-0.4, -0.2) is 44.1 Å². The van der Waals surface area contributed by atoms with Crippen LogP contribution >= 0.6 is 0 Å². The lowest BCUT2D eigenvalue weighted by molar-refractivity contribution is 0.496. The first kappa shape index (κ1) is 11.2. The summed E-state index contributed by atoms with van der Waals surface area (Å²) in [6, 6.07) is 0.318. The quantitative estimate of drug-likeness (QED) is 0.787. The van der Waals surface area contributed by atoms with Crippen molar-refractivity contribution >= 4 is 5.95 Å². The number of rotatable bonds is 2. The van der Waals surface area contributed by atoms with E-state index in [-0.39, 0.29) is 0 Å². The van der Waals surface area contributed by atoms with Gasteiger partial charge in [0.25, 0.3) is 0 Å². The Kier molecular flexibility index (Phi) is 2.75. The molecule has 1 saturated heterocycles. The molecule has 3 N–H and O–H groups in total. The zero-order chi connectivity index (χ0) is 12.5. The summed E-state index contributed by atoms with van der Waals surface area (Å²) in [6.45, 7) is 1.84. The number of nitrogens with zero attached hydrogens (tertiary/aromatic N) is 5. The van der Waals surface area contributed by atoms with Crippen molar-refractivity contribution in [1.82, 2.24) is 25.0 Å².